The van der Waals surface area contributed by atoms with Crippen LogP contribution in [0.4, 0.5) is 4.79 Å². The molecule has 1 saturated carbocycles. The van der Waals surface area contributed by atoms with Gasteiger partial charge in [-0.25, -0.2) is 9.59 Å². The summed E-state index contributed by atoms with van der Waals surface area (Å²) in [5.74, 6) is -1.000. The first-order valence-electron chi connectivity index (χ1n) is 8.57. The predicted molar refractivity (Wildman–Crippen MR) is 91.8 cm³/mol. The van der Waals surface area contributed by atoms with Crippen molar-refractivity contribution in [2.75, 3.05) is 6.61 Å². The Bertz CT molecular complexity index is 744. The van der Waals surface area contributed by atoms with Gasteiger partial charge in [-0.3, -0.25) is 0 Å². The van der Waals surface area contributed by atoms with Gasteiger partial charge in [0.05, 0.1) is 11.6 Å². The molecule has 0 aromatic heterocycles. The first-order valence-corrected chi connectivity index (χ1v) is 8.57. The van der Waals surface area contributed by atoms with Crippen LogP contribution in [0, 0.1) is 6.92 Å². The monoisotopic (exact) mass is 364 g/mol. The molecule has 2 amide bonds. The minimum Gasteiger partial charge on any atom is -0.507 e. The predicted octanol–water partition coefficient (Wildman–Crippen LogP) is 0.573. The zero-order valence-corrected chi connectivity index (χ0v) is 15.0. The van der Waals surface area contributed by atoms with Crippen LogP contribution in [-0.4, -0.2) is 56.7 Å². The molecule has 0 bridgehead atoms. The van der Waals surface area contributed by atoms with E-state index in [1.54, 1.807) is 26.0 Å². The molecular formula is C18H24N2O6. The fraction of sp³-hybridized carbons (Fsp3) is 0.556. The van der Waals surface area contributed by atoms with Gasteiger partial charge >= 0.3 is 12.0 Å². The number of urea groups is 1. The van der Waals surface area contributed by atoms with E-state index in [1.165, 1.54) is 13.0 Å². The number of amides is 2. The second-order valence-electron chi connectivity index (χ2n) is 7.33. The standard InChI is InChI=1S/C18H24N2O6/c1-4-18-12(19-15(23)20-18)8-17(25,16(18,3)24)9-26-14(22)13-10(2)6-5-7-11(13)21/h5-7,12,21,24-25H,4,8-9H2,1-3H3,(H2,19,20,23)/t12-,16-,17-,18-/m0/s1. The van der Waals surface area contributed by atoms with Gasteiger partial charge in [-0.1, -0.05) is 19.1 Å². The first-order chi connectivity index (χ1) is 12.1. The van der Waals surface area contributed by atoms with Gasteiger partial charge in [0.1, 0.15) is 29.1 Å². The van der Waals surface area contributed by atoms with Gasteiger partial charge in [0.25, 0.3) is 0 Å². The van der Waals surface area contributed by atoms with E-state index in [0.717, 1.165) is 0 Å². The van der Waals surface area contributed by atoms with Crippen LogP contribution in [0.15, 0.2) is 18.2 Å². The van der Waals surface area contributed by atoms with Gasteiger partial charge in [0.2, 0.25) is 0 Å². The van der Waals surface area contributed by atoms with Crippen LogP contribution >= 0.6 is 0 Å². The number of hydrogen-bond donors (Lipinski definition) is 5. The minimum atomic E-state index is -1.76. The second-order valence-corrected chi connectivity index (χ2v) is 7.33. The number of esters is 1. The van der Waals surface area contributed by atoms with Crippen molar-refractivity contribution < 1.29 is 29.6 Å². The smallest absolute Gasteiger partial charge is 0.342 e. The second kappa shape index (κ2) is 5.85. The van der Waals surface area contributed by atoms with Gasteiger partial charge in [0.15, 0.2) is 0 Å². The van der Waals surface area contributed by atoms with Crippen molar-refractivity contribution in [2.45, 2.75) is 56.4 Å². The molecule has 1 aromatic carbocycles. The lowest BCUT2D eigenvalue weighted by Gasteiger charge is -2.44. The number of hydrogen-bond acceptors (Lipinski definition) is 6. The molecule has 4 atom stereocenters. The summed E-state index contributed by atoms with van der Waals surface area (Å²) in [5.41, 5.74) is -3.99. The maximum Gasteiger partial charge on any atom is 0.342 e. The normalized spacial score (nSPS) is 35.6. The Morgan fingerprint density at radius 1 is 1.38 bits per heavy atom. The SMILES string of the molecule is CC[C@]12NC(=O)N[C@H]1C[C@](O)(COC(=O)c1c(C)cccc1O)[C@]2(C)O. The zero-order valence-electron chi connectivity index (χ0n) is 15.0. The van der Waals surface area contributed by atoms with Crippen LogP contribution in [0.3, 0.4) is 0 Å². The average molecular weight is 364 g/mol. The number of ether oxygens (including phenoxy) is 1. The summed E-state index contributed by atoms with van der Waals surface area (Å²) in [6, 6.07) is 3.75. The average Bonchev–Trinajstić information content (AvgIpc) is 2.95. The molecule has 3 rings (SSSR count). The van der Waals surface area contributed by atoms with Crippen molar-refractivity contribution in [3.05, 3.63) is 29.3 Å². The summed E-state index contributed by atoms with van der Waals surface area (Å²) >= 11 is 0. The lowest BCUT2D eigenvalue weighted by molar-refractivity contribution is -0.168. The van der Waals surface area contributed by atoms with E-state index in [2.05, 4.69) is 10.6 Å². The van der Waals surface area contributed by atoms with Crippen molar-refractivity contribution in [2.24, 2.45) is 0 Å². The summed E-state index contributed by atoms with van der Waals surface area (Å²) < 4.78 is 5.24. The number of aromatic hydroxyl groups is 1. The highest BCUT2D eigenvalue weighted by Crippen LogP contribution is 2.50. The molecule has 1 saturated heterocycles. The Labute approximate surface area is 151 Å². The maximum absolute atomic E-state index is 12.4. The molecule has 26 heavy (non-hydrogen) atoms. The number of phenolic OH excluding ortho intramolecular Hbond substituents is 1. The number of carbonyl (C=O) groups is 2. The highest BCUT2D eigenvalue weighted by Gasteiger charge is 2.72. The molecule has 2 fully saturated rings. The third kappa shape index (κ3) is 2.36. The van der Waals surface area contributed by atoms with E-state index in [-0.39, 0.29) is 17.7 Å². The van der Waals surface area contributed by atoms with Crippen molar-refractivity contribution >= 4 is 12.0 Å². The number of aryl methyl sites for hydroxylation is 1. The Morgan fingerprint density at radius 2 is 2.08 bits per heavy atom. The van der Waals surface area contributed by atoms with Gasteiger partial charge in [-0.15, -0.1) is 0 Å². The van der Waals surface area contributed by atoms with Crippen molar-refractivity contribution in [3.63, 3.8) is 0 Å². The third-order valence-electron chi connectivity index (χ3n) is 6.01. The van der Waals surface area contributed by atoms with Crippen LogP contribution in [0.25, 0.3) is 0 Å². The largest absolute Gasteiger partial charge is 0.507 e. The number of rotatable bonds is 4. The lowest BCUT2D eigenvalue weighted by atomic mass is 9.75. The van der Waals surface area contributed by atoms with E-state index in [1.807, 2.05) is 0 Å². The van der Waals surface area contributed by atoms with E-state index >= 15 is 0 Å². The summed E-state index contributed by atoms with van der Waals surface area (Å²) in [7, 11) is 0. The Morgan fingerprint density at radius 3 is 2.65 bits per heavy atom. The molecule has 1 aromatic rings. The number of carbonyl (C=O) groups excluding carboxylic acids is 2. The lowest BCUT2D eigenvalue weighted by Crippen LogP contribution is -2.67. The Balaban J connectivity index is 1.82. The number of benzene rings is 1. The van der Waals surface area contributed by atoms with Crippen LogP contribution in [0.2, 0.25) is 0 Å². The number of fused-ring (bicyclic) bond motifs is 1. The number of aliphatic hydroxyl groups is 2. The first kappa shape index (κ1) is 18.5. The van der Waals surface area contributed by atoms with Gasteiger partial charge in [-0.2, -0.15) is 0 Å². The Hall–Kier alpha value is -2.32. The van der Waals surface area contributed by atoms with E-state index < -0.39 is 41.4 Å². The quantitative estimate of drug-likeness (QED) is 0.497. The maximum atomic E-state index is 12.4. The summed E-state index contributed by atoms with van der Waals surface area (Å²) in [4.78, 5) is 24.1. The van der Waals surface area contributed by atoms with Crippen LogP contribution in [0.5, 0.6) is 5.75 Å². The summed E-state index contributed by atoms with van der Waals surface area (Å²) in [6.45, 7) is 4.43. The molecule has 1 aliphatic carbocycles. The fourth-order valence-electron chi connectivity index (χ4n) is 4.30. The van der Waals surface area contributed by atoms with Gasteiger partial charge < -0.3 is 30.7 Å². The molecule has 2 aliphatic rings. The highest BCUT2D eigenvalue weighted by atomic mass is 16.5. The van der Waals surface area contributed by atoms with E-state index in [4.69, 9.17) is 4.74 Å². The van der Waals surface area contributed by atoms with Crippen molar-refractivity contribution in [3.8, 4) is 5.75 Å². The molecule has 0 unspecified atom stereocenters. The van der Waals surface area contributed by atoms with Crippen LogP contribution in [-0.2, 0) is 4.74 Å². The van der Waals surface area contributed by atoms with Gasteiger partial charge in [0, 0.05) is 6.42 Å². The molecular weight excluding hydrogens is 340 g/mol. The Kier molecular flexibility index (Phi) is 4.16. The molecule has 0 spiro atoms. The molecule has 142 valence electrons. The molecule has 8 nitrogen and oxygen atoms in total. The van der Waals surface area contributed by atoms with Crippen molar-refractivity contribution in [1.29, 1.82) is 0 Å². The van der Waals surface area contributed by atoms with E-state index in [9.17, 15) is 24.9 Å². The molecule has 1 heterocycles. The topological polar surface area (TPSA) is 128 Å². The zero-order chi connectivity index (χ0) is 19.3. The summed E-state index contributed by atoms with van der Waals surface area (Å²) in [6.07, 6.45) is 0.415. The highest BCUT2D eigenvalue weighted by molar-refractivity contribution is 5.94. The molecule has 8 heteroatoms. The minimum absolute atomic E-state index is 0.0190. The molecule has 1 aliphatic heterocycles. The van der Waals surface area contributed by atoms with Gasteiger partial charge in [-0.05, 0) is 31.9 Å². The fourth-order valence-corrected chi connectivity index (χ4v) is 4.30. The van der Waals surface area contributed by atoms with Crippen molar-refractivity contribution in [1.82, 2.24) is 10.6 Å². The van der Waals surface area contributed by atoms with Crippen LogP contribution < -0.4 is 10.6 Å². The number of phenols is 1. The van der Waals surface area contributed by atoms with E-state index in [0.29, 0.717) is 12.0 Å². The summed E-state index contributed by atoms with van der Waals surface area (Å²) in [5, 5.41) is 37.5. The number of nitrogens with one attached hydrogen (secondary N) is 2. The molecule has 5 N–H and O–H groups in total. The molecule has 0 radical (unpaired) electrons. The van der Waals surface area contributed by atoms with Crippen LogP contribution in [0.1, 0.15) is 42.6 Å². The third-order valence-corrected chi connectivity index (χ3v) is 6.01.